The maximum atomic E-state index is 10.7. The van der Waals surface area contributed by atoms with Gasteiger partial charge in [0.15, 0.2) is 0 Å². The number of hydrogen-bond acceptors (Lipinski definition) is 1. The molecule has 0 N–H and O–H groups in total. The summed E-state index contributed by atoms with van der Waals surface area (Å²) in [6.45, 7) is 0. The van der Waals surface area contributed by atoms with Crippen molar-refractivity contribution < 1.29 is 0 Å². The minimum Gasteiger partial charge on any atom is -0.268 e. The van der Waals surface area contributed by atoms with E-state index in [9.17, 15) is 4.79 Å². The van der Waals surface area contributed by atoms with Crippen molar-refractivity contribution in [2.24, 2.45) is 0 Å². The fourth-order valence-corrected chi connectivity index (χ4v) is 0.534. The van der Waals surface area contributed by atoms with E-state index in [4.69, 9.17) is 6.42 Å². The Kier molecular flexibility index (Phi) is 1.37. The molecular weight excluding hydrogens is 114 g/mol. The van der Waals surface area contributed by atoms with Gasteiger partial charge >= 0.3 is 0 Å². The van der Waals surface area contributed by atoms with Crippen molar-refractivity contribution in [1.82, 2.24) is 4.57 Å². The topological polar surface area (TPSA) is 22.0 Å². The second-order valence-electron chi connectivity index (χ2n) is 1.54. The van der Waals surface area contributed by atoms with Crippen molar-refractivity contribution in [3.63, 3.8) is 0 Å². The van der Waals surface area contributed by atoms with Crippen molar-refractivity contribution in [1.29, 1.82) is 0 Å². The number of terminal acetylenes is 1. The zero-order chi connectivity index (χ0) is 6.69. The van der Waals surface area contributed by atoms with Crippen molar-refractivity contribution in [2.45, 2.75) is 0 Å². The molecule has 0 aliphatic heterocycles. The minimum atomic E-state index is -0.167. The Morgan fingerprint density at radius 3 is 2.78 bits per heavy atom. The maximum absolute atomic E-state index is 10.7. The Hall–Kier alpha value is -1.49. The Balaban J connectivity index is 3.38. The van der Waals surface area contributed by atoms with Crippen LogP contribution in [0.5, 0.6) is 0 Å². The van der Waals surface area contributed by atoms with Crippen LogP contribution in [0.15, 0.2) is 29.2 Å². The van der Waals surface area contributed by atoms with E-state index >= 15 is 0 Å². The molecule has 0 unspecified atom stereocenters. The van der Waals surface area contributed by atoms with E-state index in [-0.39, 0.29) is 5.56 Å². The van der Waals surface area contributed by atoms with E-state index in [0.29, 0.717) is 0 Å². The molecule has 0 saturated carbocycles. The molecule has 0 bridgehead atoms. The molecule has 0 saturated heterocycles. The Bertz CT molecular complexity index is 292. The fraction of sp³-hybridized carbons (Fsp3) is 0. The molecule has 2 nitrogen and oxygen atoms in total. The molecule has 0 amide bonds. The van der Waals surface area contributed by atoms with Crippen LogP contribution in [-0.2, 0) is 0 Å². The SMILES string of the molecule is C#Cn1ccccc1=O. The van der Waals surface area contributed by atoms with Crippen LogP contribution in [0.4, 0.5) is 0 Å². The first-order chi connectivity index (χ1) is 4.34. The summed E-state index contributed by atoms with van der Waals surface area (Å²) in [7, 11) is 0. The molecule has 0 aliphatic carbocycles. The lowest BCUT2D eigenvalue weighted by Crippen LogP contribution is -2.12. The molecule has 0 radical (unpaired) electrons. The van der Waals surface area contributed by atoms with Gasteiger partial charge in [-0.15, -0.1) is 0 Å². The van der Waals surface area contributed by atoms with Crippen LogP contribution in [0.3, 0.4) is 0 Å². The molecule has 1 aromatic heterocycles. The van der Waals surface area contributed by atoms with Gasteiger partial charge in [-0.3, -0.25) is 4.79 Å². The highest BCUT2D eigenvalue weighted by molar-refractivity contribution is 5.01. The zero-order valence-corrected chi connectivity index (χ0v) is 4.74. The van der Waals surface area contributed by atoms with Gasteiger partial charge in [-0.1, -0.05) is 12.5 Å². The second-order valence-corrected chi connectivity index (χ2v) is 1.54. The van der Waals surface area contributed by atoms with Gasteiger partial charge in [-0.05, 0) is 6.07 Å². The van der Waals surface area contributed by atoms with Gasteiger partial charge in [-0.2, -0.15) is 0 Å². The molecule has 44 valence electrons. The molecule has 1 heterocycles. The summed E-state index contributed by atoms with van der Waals surface area (Å²) in [5.74, 6) is 0. The van der Waals surface area contributed by atoms with Gasteiger partial charge < -0.3 is 0 Å². The molecule has 0 aromatic carbocycles. The third-order valence-electron chi connectivity index (χ3n) is 0.962. The quantitative estimate of drug-likeness (QED) is 0.450. The molecule has 1 aromatic rings. The van der Waals surface area contributed by atoms with Crippen LogP contribution in [0.1, 0.15) is 0 Å². The lowest BCUT2D eigenvalue weighted by Gasteiger charge is -1.88. The molecule has 0 aliphatic rings. The van der Waals surface area contributed by atoms with E-state index in [0.717, 1.165) is 0 Å². The van der Waals surface area contributed by atoms with Gasteiger partial charge in [0.25, 0.3) is 5.56 Å². The van der Waals surface area contributed by atoms with Crippen LogP contribution >= 0.6 is 0 Å². The highest BCUT2D eigenvalue weighted by Gasteiger charge is 1.83. The number of pyridine rings is 1. The molecule has 9 heavy (non-hydrogen) atoms. The first kappa shape index (κ1) is 5.64. The second kappa shape index (κ2) is 2.19. The van der Waals surface area contributed by atoms with Crippen molar-refractivity contribution >= 4 is 0 Å². The molecule has 1 rings (SSSR count). The lowest BCUT2D eigenvalue weighted by molar-refractivity contribution is 1.04. The van der Waals surface area contributed by atoms with Gasteiger partial charge in [0.1, 0.15) is 0 Å². The largest absolute Gasteiger partial charge is 0.268 e. The monoisotopic (exact) mass is 119 g/mol. The van der Waals surface area contributed by atoms with Crippen molar-refractivity contribution in [3.8, 4) is 12.5 Å². The van der Waals surface area contributed by atoms with Crippen LogP contribution < -0.4 is 5.56 Å². The average molecular weight is 119 g/mol. The van der Waals surface area contributed by atoms with Gasteiger partial charge in [0.05, 0.1) is 0 Å². The fourth-order valence-electron chi connectivity index (χ4n) is 0.534. The average Bonchev–Trinajstić information content (AvgIpc) is 1.89. The summed E-state index contributed by atoms with van der Waals surface area (Å²) in [4.78, 5) is 10.7. The maximum Gasteiger partial charge on any atom is 0.262 e. The van der Waals surface area contributed by atoms with E-state index in [1.807, 2.05) is 0 Å². The first-order valence-electron chi connectivity index (χ1n) is 2.49. The van der Waals surface area contributed by atoms with E-state index in [1.165, 1.54) is 10.6 Å². The van der Waals surface area contributed by atoms with E-state index in [2.05, 4.69) is 6.04 Å². The van der Waals surface area contributed by atoms with Crippen LogP contribution in [-0.4, -0.2) is 4.57 Å². The number of hydrogen-bond donors (Lipinski definition) is 0. The smallest absolute Gasteiger partial charge is 0.262 e. The molecule has 2 heteroatoms. The molecule has 0 atom stereocenters. The summed E-state index contributed by atoms with van der Waals surface area (Å²) in [5.41, 5.74) is -0.167. The van der Waals surface area contributed by atoms with Crippen LogP contribution in [0.2, 0.25) is 0 Å². The van der Waals surface area contributed by atoms with Crippen molar-refractivity contribution in [2.75, 3.05) is 0 Å². The summed E-state index contributed by atoms with van der Waals surface area (Å²) in [6.07, 6.45) is 6.51. The Morgan fingerprint density at radius 1 is 1.56 bits per heavy atom. The Labute approximate surface area is 52.8 Å². The third kappa shape index (κ3) is 1.000. The summed E-state index contributed by atoms with van der Waals surface area (Å²) < 4.78 is 1.18. The predicted octanol–water partition coefficient (Wildman–Crippen LogP) is 0.287. The minimum absolute atomic E-state index is 0.167. The predicted molar refractivity (Wildman–Crippen MR) is 34.9 cm³/mol. The molecule has 0 spiro atoms. The standard InChI is InChI=1S/C7H5NO/c1-2-8-6-4-3-5-7(8)9/h1,3-6H. The van der Waals surface area contributed by atoms with Gasteiger partial charge in [0.2, 0.25) is 0 Å². The Morgan fingerprint density at radius 2 is 2.33 bits per heavy atom. The van der Waals surface area contributed by atoms with Gasteiger partial charge in [-0.25, -0.2) is 4.57 Å². The van der Waals surface area contributed by atoms with E-state index < -0.39 is 0 Å². The van der Waals surface area contributed by atoms with Crippen LogP contribution in [0, 0.1) is 12.5 Å². The normalized spacial score (nSPS) is 8.33. The lowest BCUT2D eigenvalue weighted by atomic mass is 10.5. The highest BCUT2D eigenvalue weighted by atomic mass is 16.1. The number of aromatic nitrogens is 1. The molecule has 0 fully saturated rings. The van der Waals surface area contributed by atoms with Crippen molar-refractivity contribution in [3.05, 3.63) is 34.7 Å². The van der Waals surface area contributed by atoms with Crippen LogP contribution in [0.25, 0.3) is 0 Å². The summed E-state index contributed by atoms with van der Waals surface area (Å²) in [6, 6.07) is 6.97. The summed E-state index contributed by atoms with van der Waals surface area (Å²) >= 11 is 0. The van der Waals surface area contributed by atoms with E-state index in [1.54, 1.807) is 18.3 Å². The number of nitrogens with zero attached hydrogens (tertiary/aromatic N) is 1. The summed E-state index contributed by atoms with van der Waals surface area (Å²) in [5, 5.41) is 0. The highest BCUT2D eigenvalue weighted by Crippen LogP contribution is 1.75. The molecular formula is C7H5NO. The third-order valence-corrected chi connectivity index (χ3v) is 0.962. The zero-order valence-electron chi connectivity index (χ0n) is 4.74. The van der Waals surface area contributed by atoms with Gasteiger partial charge in [0, 0.05) is 18.3 Å². The first-order valence-corrected chi connectivity index (χ1v) is 2.49. The number of rotatable bonds is 0.